The highest BCUT2D eigenvalue weighted by molar-refractivity contribution is 5.94. The van der Waals surface area contributed by atoms with E-state index < -0.39 is 17.5 Å². The second kappa shape index (κ2) is 8.69. The summed E-state index contributed by atoms with van der Waals surface area (Å²) in [6.07, 6.45) is 1.01. The van der Waals surface area contributed by atoms with E-state index in [4.69, 9.17) is 15.2 Å². The largest absolute Gasteiger partial charge is 0.490 e. The zero-order valence-electron chi connectivity index (χ0n) is 15.1. The molecule has 6 nitrogen and oxygen atoms in total. The Balaban J connectivity index is 1.51. The Morgan fingerprint density at radius 3 is 2.25 bits per heavy atom. The molecule has 1 aliphatic heterocycles. The molecule has 148 valence electrons. The van der Waals surface area contributed by atoms with Crippen LogP contribution < -0.4 is 15.2 Å². The number of likely N-dealkylation sites (tertiary alicyclic amines) is 1. The number of amides is 2. The van der Waals surface area contributed by atoms with E-state index in [9.17, 15) is 18.4 Å². The van der Waals surface area contributed by atoms with Crippen LogP contribution in [0, 0.1) is 11.6 Å². The molecular formula is C20H20F2N2O4. The lowest BCUT2D eigenvalue weighted by molar-refractivity contribution is -0.119. The molecule has 0 bridgehead atoms. The van der Waals surface area contributed by atoms with Crippen molar-refractivity contribution in [1.29, 1.82) is 0 Å². The lowest BCUT2D eigenvalue weighted by Crippen LogP contribution is -2.41. The average molecular weight is 390 g/mol. The molecule has 3 rings (SSSR count). The predicted molar refractivity (Wildman–Crippen MR) is 97.0 cm³/mol. The molecule has 2 amide bonds. The van der Waals surface area contributed by atoms with Gasteiger partial charge in [0.15, 0.2) is 18.2 Å². The molecule has 0 atom stereocenters. The molecule has 0 aliphatic carbocycles. The number of primary amides is 1. The van der Waals surface area contributed by atoms with E-state index in [2.05, 4.69) is 0 Å². The molecule has 28 heavy (non-hydrogen) atoms. The van der Waals surface area contributed by atoms with Gasteiger partial charge in [0.25, 0.3) is 11.8 Å². The Bertz CT molecular complexity index is 850. The molecule has 2 aromatic carbocycles. The van der Waals surface area contributed by atoms with Gasteiger partial charge in [-0.2, -0.15) is 0 Å². The van der Waals surface area contributed by atoms with Crippen LogP contribution in [-0.2, 0) is 4.79 Å². The lowest BCUT2D eigenvalue weighted by Gasteiger charge is -2.32. The number of hydrogen-bond acceptors (Lipinski definition) is 4. The number of ether oxygens (including phenoxy) is 2. The minimum absolute atomic E-state index is 0.118. The van der Waals surface area contributed by atoms with E-state index in [1.165, 1.54) is 6.07 Å². The number of benzene rings is 2. The number of rotatable bonds is 6. The van der Waals surface area contributed by atoms with Gasteiger partial charge in [-0.3, -0.25) is 9.59 Å². The number of hydrogen-bond donors (Lipinski definition) is 1. The molecule has 0 aromatic heterocycles. The van der Waals surface area contributed by atoms with Crippen LogP contribution in [0.1, 0.15) is 23.2 Å². The van der Waals surface area contributed by atoms with Gasteiger partial charge in [-0.25, -0.2) is 8.78 Å². The summed E-state index contributed by atoms with van der Waals surface area (Å²) in [5.74, 6) is -1.84. The maximum Gasteiger partial charge on any atom is 0.255 e. The third kappa shape index (κ3) is 4.97. The highest BCUT2D eigenvalue weighted by atomic mass is 19.2. The van der Waals surface area contributed by atoms with Gasteiger partial charge in [0.2, 0.25) is 0 Å². The summed E-state index contributed by atoms with van der Waals surface area (Å²) in [6.45, 7) is 0.763. The van der Waals surface area contributed by atoms with Crippen molar-refractivity contribution in [3.05, 3.63) is 59.7 Å². The normalized spacial score (nSPS) is 14.6. The zero-order valence-corrected chi connectivity index (χ0v) is 15.1. The van der Waals surface area contributed by atoms with Gasteiger partial charge in [-0.15, -0.1) is 0 Å². The fraction of sp³-hybridized carbons (Fsp3) is 0.300. The molecule has 8 heteroatoms. The van der Waals surface area contributed by atoms with Crippen molar-refractivity contribution in [2.24, 2.45) is 5.73 Å². The van der Waals surface area contributed by atoms with Crippen molar-refractivity contribution in [3.63, 3.8) is 0 Å². The molecule has 1 fully saturated rings. The van der Waals surface area contributed by atoms with E-state index in [-0.39, 0.29) is 24.4 Å². The summed E-state index contributed by atoms with van der Waals surface area (Å²) in [5, 5.41) is 0. The summed E-state index contributed by atoms with van der Waals surface area (Å²) in [7, 11) is 0. The first-order valence-corrected chi connectivity index (χ1v) is 8.84. The van der Waals surface area contributed by atoms with Crippen LogP contribution in [-0.4, -0.2) is 42.5 Å². The van der Waals surface area contributed by atoms with E-state index in [0.717, 1.165) is 12.1 Å². The molecule has 2 N–H and O–H groups in total. The van der Waals surface area contributed by atoms with Crippen LogP contribution in [0.5, 0.6) is 11.5 Å². The average Bonchev–Trinajstić information content (AvgIpc) is 2.70. The quantitative estimate of drug-likeness (QED) is 0.822. The van der Waals surface area contributed by atoms with Gasteiger partial charge in [-0.1, -0.05) is 0 Å². The first-order valence-electron chi connectivity index (χ1n) is 8.84. The molecule has 0 unspecified atom stereocenters. The predicted octanol–water partition coefficient (Wildman–Crippen LogP) is 2.51. The third-order valence-electron chi connectivity index (χ3n) is 4.41. The van der Waals surface area contributed by atoms with Crippen molar-refractivity contribution in [2.45, 2.75) is 18.9 Å². The maximum absolute atomic E-state index is 13.3. The van der Waals surface area contributed by atoms with E-state index >= 15 is 0 Å². The minimum atomic E-state index is -0.951. The van der Waals surface area contributed by atoms with Crippen molar-refractivity contribution < 1.29 is 27.8 Å². The van der Waals surface area contributed by atoms with E-state index in [1.807, 2.05) is 0 Å². The standard InChI is InChI=1S/C20H20F2N2O4/c21-17-6-5-16(11-18(17)22)28-15-7-9-24(10-8-15)20(26)13-1-3-14(4-2-13)27-12-19(23)25/h1-6,11,15H,7-10,12H2,(H2,23,25). The molecule has 0 radical (unpaired) electrons. The number of nitrogens with two attached hydrogens (primary N) is 1. The molecule has 0 spiro atoms. The molecule has 0 saturated carbocycles. The minimum Gasteiger partial charge on any atom is -0.490 e. The highest BCUT2D eigenvalue weighted by Gasteiger charge is 2.25. The van der Waals surface area contributed by atoms with Gasteiger partial charge in [0.05, 0.1) is 0 Å². The van der Waals surface area contributed by atoms with Crippen LogP contribution >= 0.6 is 0 Å². The van der Waals surface area contributed by atoms with E-state index in [1.54, 1.807) is 29.2 Å². The highest BCUT2D eigenvalue weighted by Crippen LogP contribution is 2.22. The van der Waals surface area contributed by atoms with E-state index in [0.29, 0.717) is 37.2 Å². The van der Waals surface area contributed by atoms with Gasteiger partial charge in [0, 0.05) is 37.6 Å². The smallest absolute Gasteiger partial charge is 0.255 e. The summed E-state index contributed by atoms with van der Waals surface area (Å²) >= 11 is 0. The van der Waals surface area contributed by atoms with Gasteiger partial charge in [0.1, 0.15) is 17.6 Å². The molecule has 1 saturated heterocycles. The van der Waals surface area contributed by atoms with Gasteiger partial charge >= 0.3 is 0 Å². The fourth-order valence-electron chi connectivity index (χ4n) is 2.95. The maximum atomic E-state index is 13.3. The van der Waals surface area contributed by atoms with Crippen LogP contribution in [0.15, 0.2) is 42.5 Å². The summed E-state index contributed by atoms with van der Waals surface area (Å²) in [5.41, 5.74) is 5.53. The van der Waals surface area contributed by atoms with Crippen LogP contribution in [0.25, 0.3) is 0 Å². The molecule has 1 heterocycles. The Morgan fingerprint density at radius 1 is 1.00 bits per heavy atom. The molecule has 1 aliphatic rings. The van der Waals surface area contributed by atoms with Crippen molar-refractivity contribution >= 4 is 11.8 Å². The second-order valence-electron chi connectivity index (χ2n) is 6.46. The number of halogens is 2. The first-order chi connectivity index (χ1) is 13.4. The third-order valence-corrected chi connectivity index (χ3v) is 4.41. The lowest BCUT2D eigenvalue weighted by atomic mass is 10.1. The first kappa shape index (κ1) is 19.6. The Labute approximate surface area is 160 Å². The summed E-state index contributed by atoms with van der Waals surface area (Å²) in [6, 6.07) is 9.90. The SMILES string of the molecule is NC(=O)COc1ccc(C(=O)N2CCC(Oc3ccc(F)c(F)c3)CC2)cc1. The topological polar surface area (TPSA) is 81.9 Å². The number of piperidine rings is 1. The Morgan fingerprint density at radius 2 is 1.64 bits per heavy atom. The van der Waals surface area contributed by atoms with Gasteiger partial charge in [-0.05, 0) is 36.4 Å². The van der Waals surface area contributed by atoms with Crippen molar-refractivity contribution in [1.82, 2.24) is 4.90 Å². The van der Waals surface area contributed by atoms with Crippen LogP contribution in [0.4, 0.5) is 8.78 Å². The summed E-state index contributed by atoms with van der Waals surface area (Å²) in [4.78, 5) is 25.0. The fourth-order valence-corrected chi connectivity index (χ4v) is 2.95. The van der Waals surface area contributed by atoms with Crippen LogP contribution in [0.3, 0.4) is 0 Å². The zero-order chi connectivity index (χ0) is 20.1. The number of nitrogens with zero attached hydrogens (tertiary/aromatic N) is 1. The van der Waals surface area contributed by atoms with Gasteiger partial charge < -0.3 is 20.1 Å². The summed E-state index contributed by atoms with van der Waals surface area (Å²) < 4.78 is 37.1. The van der Waals surface area contributed by atoms with Crippen molar-refractivity contribution in [2.75, 3.05) is 19.7 Å². The second-order valence-corrected chi connectivity index (χ2v) is 6.46. The Kier molecular flexibility index (Phi) is 6.08. The Hall–Kier alpha value is -3.16. The molecule has 2 aromatic rings. The monoisotopic (exact) mass is 390 g/mol. The van der Waals surface area contributed by atoms with Crippen molar-refractivity contribution in [3.8, 4) is 11.5 Å². The molecular weight excluding hydrogens is 370 g/mol. The number of carbonyl (C=O) groups is 2. The number of carbonyl (C=O) groups excluding carboxylic acids is 2. The van der Waals surface area contributed by atoms with Crippen LogP contribution in [0.2, 0.25) is 0 Å².